The van der Waals surface area contributed by atoms with Crippen molar-refractivity contribution in [3.8, 4) is 0 Å². The number of carbonyl (C=O) groups excluding carboxylic acids is 1. The third-order valence-electron chi connectivity index (χ3n) is 4.81. The molecule has 1 aliphatic carbocycles. The molecule has 0 heterocycles. The normalized spacial score (nSPS) is 13.7. The number of hydrogen-bond acceptors (Lipinski definition) is 2. The molecule has 5 heteroatoms. The fraction of sp³-hybridized carbons (Fsp3) is 0.364. The number of amides is 1. The van der Waals surface area contributed by atoms with Crippen LogP contribution < -0.4 is 16.4 Å². The van der Waals surface area contributed by atoms with Crippen LogP contribution in [0.1, 0.15) is 49.3 Å². The first-order chi connectivity index (χ1) is 13.2. The van der Waals surface area contributed by atoms with Crippen molar-refractivity contribution in [3.05, 3.63) is 59.2 Å². The van der Waals surface area contributed by atoms with Gasteiger partial charge in [-0.2, -0.15) is 0 Å². The molecule has 1 amide bonds. The Bertz CT molecular complexity index is 812. The van der Waals surface area contributed by atoms with Crippen LogP contribution in [0.5, 0.6) is 0 Å². The molecular formula is C22H28N4O. The molecule has 5 nitrogen and oxygen atoms in total. The molecule has 0 aromatic heterocycles. The average molecular weight is 364 g/mol. The summed E-state index contributed by atoms with van der Waals surface area (Å²) in [6, 6.07) is 14.1. The van der Waals surface area contributed by atoms with Crippen molar-refractivity contribution in [1.29, 1.82) is 0 Å². The molecule has 3 rings (SSSR count). The zero-order chi connectivity index (χ0) is 19.1. The lowest BCUT2D eigenvalue weighted by Gasteiger charge is -2.19. The molecule has 2 aromatic rings. The van der Waals surface area contributed by atoms with Crippen LogP contribution in [0.15, 0.2) is 47.5 Å². The number of guanidine groups is 1. The zero-order valence-electron chi connectivity index (χ0n) is 15.9. The van der Waals surface area contributed by atoms with Crippen LogP contribution in [0, 0.1) is 0 Å². The highest BCUT2D eigenvalue weighted by Crippen LogP contribution is 2.27. The van der Waals surface area contributed by atoms with Gasteiger partial charge in [0.05, 0.1) is 6.54 Å². The van der Waals surface area contributed by atoms with Gasteiger partial charge in [-0.15, -0.1) is 0 Å². The molecule has 0 saturated heterocycles. The van der Waals surface area contributed by atoms with Crippen molar-refractivity contribution in [2.45, 2.75) is 52.0 Å². The Hall–Kier alpha value is -2.82. The summed E-state index contributed by atoms with van der Waals surface area (Å²) in [6.07, 6.45) is 6.10. The van der Waals surface area contributed by atoms with E-state index < -0.39 is 0 Å². The lowest BCUT2D eigenvalue weighted by molar-refractivity contribution is -0.116. The van der Waals surface area contributed by atoms with Crippen LogP contribution in [0.2, 0.25) is 0 Å². The van der Waals surface area contributed by atoms with E-state index in [-0.39, 0.29) is 5.91 Å². The number of nitrogens with one attached hydrogen (secondary N) is 2. The van der Waals surface area contributed by atoms with Gasteiger partial charge in [-0.05, 0) is 67.0 Å². The Morgan fingerprint density at radius 2 is 1.85 bits per heavy atom. The van der Waals surface area contributed by atoms with Gasteiger partial charge >= 0.3 is 0 Å². The van der Waals surface area contributed by atoms with Gasteiger partial charge in [-0.25, -0.2) is 4.99 Å². The second-order valence-corrected chi connectivity index (χ2v) is 6.97. The third kappa shape index (κ3) is 5.33. The fourth-order valence-corrected chi connectivity index (χ4v) is 3.40. The smallest absolute Gasteiger partial charge is 0.224 e. The molecule has 0 bridgehead atoms. The summed E-state index contributed by atoms with van der Waals surface area (Å²) in [4.78, 5) is 16.1. The second kappa shape index (κ2) is 9.21. The van der Waals surface area contributed by atoms with E-state index >= 15 is 0 Å². The molecule has 4 N–H and O–H groups in total. The minimum absolute atomic E-state index is 0.0444. The van der Waals surface area contributed by atoms with E-state index in [4.69, 9.17) is 5.73 Å². The molecule has 0 aliphatic heterocycles. The van der Waals surface area contributed by atoms with Crippen LogP contribution in [0.25, 0.3) is 0 Å². The summed E-state index contributed by atoms with van der Waals surface area (Å²) in [5.74, 6) is 0.470. The third-order valence-corrected chi connectivity index (χ3v) is 4.81. The summed E-state index contributed by atoms with van der Waals surface area (Å²) in [7, 11) is 0. The number of nitrogens with two attached hydrogens (primary N) is 1. The molecule has 0 saturated carbocycles. The van der Waals surface area contributed by atoms with Crippen LogP contribution >= 0.6 is 0 Å². The number of benzene rings is 2. The number of nitrogens with zero attached hydrogens (tertiary/aromatic N) is 1. The highest BCUT2D eigenvalue weighted by molar-refractivity contribution is 5.93. The quantitative estimate of drug-likeness (QED) is 0.530. The van der Waals surface area contributed by atoms with Crippen molar-refractivity contribution in [3.63, 3.8) is 0 Å². The van der Waals surface area contributed by atoms with Crippen LogP contribution in [0.3, 0.4) is 0 Å². The molecule has 0 unspecified atom stereocenters. The Balaban J connectivity index is 1.59. The van der Waals surface area contributed by atoms with Crippen molar-refractivity contribution in [1.82, 2.24) is 0 Å². The van der Waals surface area contributed by atoms with Crippen LogP contribution in [-0.2, 0) is 24.2 Å². The first kappa shape index (κ1) is 19.0. The van der Waals surface area contributed by atoms with E-state index in [0.29, 0.717) is 18.9 Å². The first-order valence-corrected chi connectivity index (χ1v) is 9.72. The number of carbonyl (C=O) groups is 1. The van der Waals surface area contributed by atoms with Gasteiger partial charge in [-0.3, -0.25) is 4.79 Å². The fourth-order valence-electron chi connectivity index (χ4n) is 3.40. The lowest BCUT2D eigenvalue weighted by Crippen LogP contribution is -2.24. The van der Waals surface area contributed by atoms with Gasteiger partial charge in [-0.1, -0.05) is 31.2 Å². The minimum Gasteiger partial charge on any atom is -0.370 e. The number of fused-ring (bicyclic) bond motifs is 1. The van der Waals surface area contributed by atoms with Gasteiger partial charge < -0.3 is 16.4 Å². The largest absolute Gasteiger partial charge is 0.370 e. The van der Waals surface area contributed by atoms with Crippen molar-refractivity contribution in [2.75, 3.05) is 10.6 Å². The molecule has 142 valence electrons. The summed E-state index contributed by atoms with van der Waals surface area (Å²) in [6.45, 7) is 2.49. The second-order valence-electron chi connectivity index (χ2n) is 6.97. The predicted molar refractivity (Wildman–Crippen MR) is 112 cm³/mol. The Morgan fingerprint density at radius 1 is 1.07 bits per heavy atom. The Kier molecular flexibility index (Phi) is 6.47. The standard InChI is InChI=1S/C22H28N4O/c1-2-6-21(27)25-18-13-11-16(12-14-18)15-24-22(23)26-20-10-5-8-17-7-3-4-9-19(17)20/h5,8,10-14H,2-4,6-7,9,15H2,1H3,(H,25,27)(H3,23,24,26). The highest BCUT2D eigenvalue weighted by Gasteiger charge is 2.13. The van der Waals surface area contributed by atoms with E-state index in [1.165, 1.54) is 24.0 Å². The van der Waals surface area contributed by atoms with Crippen LogP contribution in [-0.4, -0.2) is 11.9 Å². The van der Waals surface area contributed by atoms with Gasteiger partial charge in [0, 0.05) is 17.8 Å². The van der Waals surface area contributed by atoms with E-state index in [1.807, 2.05) is 31.2 Å². The minimum atomic E-state index is 0.0444. The SMILES string of the molecule is CCCC(=O)Nc1ccc(CN=C(N)Nc2cccc3c2CCCC3)cc1. The van der Waals surface area contributed by atoms with Crippen molar-refractivity contribution >= 4 is 23.2 Å². The first-order valence-electron chi connectivity index (χ1n) is 9.72. The topological polar surface area (TPSA) is 79.5 Å². The molecule has 1 aliphatic rings. The molecule has 0 spiro atoms. The summed E-state index contributed by atoms with van der Waals surface area (Å²) in [5, 5.41) is 6.15. The monoisotopic (exact) mass is 364 g/mol. The molecule has 27 heavy (non-hydrogen) atoms. The molecule has 0 atom stereocenters. The highest BCUT2D eigenvalue weighted by atomic mass is 16.1. The Morgan fingerprint density at radius 3 is 2.63 bits per heavy atom. The van der Waals surface area contributed by atoms with E-state index in [0.717, 1.165) is 36.2 Å². The summed E-state index contributed by atoms with van der Waals surface area (Å²) < 4.78 is 0. The number of aliphatic imine (C=N–C) groups is 1. The van der Waals surface area contributed by atoms with Gasteiger partial charge in [0.2, 0.25) is 5.91 Å². The number of aryl methyl sites for hydroxylation is 1. The van der Waals surface area contributed by atoms with Gasteiger partial charge in [0.15, 0.2) is 5.96 Å². The number of rotatable bonds is 6. The molecule has 2 aromatic carbocycles. The van der Waals surface area contributed by atoms with E-state index in [9.17, 15) is 4.79 Å². The maximum Gasteiger partial charge on any atom is 0.224 e. The Labute approximate surface area is 161 Å². The summed E-state index contributed by atoms with van der Waals surface area (Å²) in [5.41, 5.74) is 11.8. The van der Waals surface area contributed by atoms with Gasteiger partial charge in [0.25, 0.3) is 0 Å². The predicted octanol–water partition coefficient (Wildman–Crippen LogP) is 4.23. The molecular weight excluding hydrogens is 336 g/mol. The van der Waals surface area contributed by atoms with Crippen LogP contribution in [0.4, 0.5) is 11.4 Å². The maximum absolute atomic E-state index is 11.6. The summed E-state index contributed by atoms with van der Waals surface area (Å²) >= 11 is 0. The van der Waals surface area contributed by atoms with E-state index in [2.05, 4.69) is 33.8 Å². The zero-order valence-corrected chi connectivity index (χ0v) is 15.9. The lowest BCUT2D eigenvalue weighted by atomic mass is 9.90. The molecule has 0 radical (unpaired) electrons. The average Bonchev–Trinajstić information content (AvgIpc) is 2.68. The number of anilines is 2. The van der Waals surface area contributed by atoms with Crippen molar-refractivity contribution < 1.29 is 4.79 Å². The van der Waals surface area contributed by atoms with Crippen molar-refractivity contribution in [2.24, 2.45) is 10.7 Å². The maximum atomic E-state index is 11.6. The number of hydrogen-bond donors (Lipinski definition) is 3. The molecule has 0 fully saturated rings. The van der Waals surface area contributed by atoms with Gasteiger partial charge in [0.1, 0.15) is 0 Å². The van der Waals surface area contributed by atoms with E-state index in [1.54, 1.807) is 0 Å².